The van der Waals surface area contributed by atoms with Crippen molar-refractivity contribution in [3.05, 3.63) is 43.8 Å². The number of nitrogens with one attached hydrogen (secondary N) is 2. The Hall–Kier alpha value is -3.09. The van der Waals surface area contributed by atoms with Gasteiger partial charge in [0.25, 0.3) is 11.5 Å². The van der Waals surface area contributed by atoms with E-state index in [-0.39, 0.29) is 11.1 Å². The Labute approximate surface area is 197 Å². The third-order valence-electron chi connectivity index (χ3n) is 5.44. The predicted octanol–water partition coefficient (Wildman–Crippen LogP) is 1.45. The third kappa shape index (κ3) is 6.46. The molecule has 0 unspecified atom stereocenters. The number of aromatic nitrogens is 1. The molecule has 9 heteroatoms. The fourth-order valence-corrected chi connectivity index (χ4v) is 4.82. The summed E-state index contributed by atoms with van der Waals surface area (Å²) in [5.74, 6) is 0.289. The van der Waals surface area contributed by atoms with E-state index in [1.807, 2.05) is 37.3 Å². The molecule has 2 aromatic rings. The standard InChI is InChI=1S/C24H31N5O3S/c1-3-26-22(30)20(16-25)24-29(4-2)23(31)21(33-24)17-27-18-9-8-10-19(15-18)32-14-13-28-11-6-5-7-12-28/h8-10,15,17,27H,3-7,11-14H2,1-2H3,(H,26,30). The Morgan fingerprint density at radius 1 is 1.27 bits per heavy atom. The molecule has 33 heavy (non-hydrogen) atoms. The van der Waals surface area contributed by atoms with Crippen LogP contribution in [-0.2, 0) is 11.3 Å². The molecule has 1 saturated heterocycles. The molecule has 1 aromatic carbocycles. The largest absolute Gasteiger partial charge is 0.492 e. The number of hydrogen-bond acceptors (Lipinski definition) is 7. The Balaban J connectivity index is 1.76. The molecule has 0 spiro atoms. The average Bonchev–Trinajstić information content (AvgIpc) is 3.14. The van der Waals surface area contributed by atoms with Gasteiger partial charge in [0, 0.05) is 37.6 Å². The van der Waals surface area contributed by atoms with E-state index >= 15 is 0 Å². The van der Waals surface area contributed by atoms with Gasteiger partial charge in [-0.2, -0.15) is 5.26 Å². The first-order valence-electron chi connectivity index (χ1n) is 11.4. The molecule has 1 fully saturated rings. The van der Waals surface area contributed by atoms with Crippen LogP contribution in [0.2, 0.25) is 0 Å². The second-order valence-electron chi connectivity index (χ2n) is 7.73. The molecule has 0 atom stereocenters. The summed E-state index contributed by atoms with van der Waals surface area (Å²) >= 11 is 1.13. The van der Waals surface area contributed by atoms with Gasteiger partial charge in [0.1, 0.15) is 27.6 Å². The third-order valence-corrected chi connectivity index (χ3v) is 6.57. The maximum absolute atomic E-state index is 12.8. The first-order valence-corrected chi connectivity index (χ1v) is 12.2. The van der Waals surface area contributed by atoms with Crippen LogP contribution in [0.15, 0.2) is 29.1 Å². The Bertz CT molecular complexity index is 1170. The molecule has 0 bridgehead atoms. The first-order chi connectivity index (χ1) is 16.1. The van der Waals surface area contributed by atoms with E-state index in [0.29, 0.717) is 28.9 Å². The number of thiazole rings is 1. The molecule has 0 saturated carbocycles. The Morgan fingerprint density at radius 3 is 2.76 bits per heavy atom. The van der Waals surface area contributed by atoms with E-state index in [1.165, 1.54) is 23.8 Å². The van der Waals surface area contributed by atoms with Crippen LogP contribution in [0, 0.1) is 11.3 Å². The number of nitriles is 1. The molecule has 1 aromatic heterocycles. The van der Waals surface area contributed by atoms with E-state index in [4.69, 9.17) is 4.74 Å². The smallest absolute Gasteiger partial charge is 0.270 e. The van der Waals surface area contributed by atoms with Crippen molar-refractivity contribution in [2.75, 3.05) is 38.1 Å². The van der Waals surface area contributed by atoms with Gasteiger partial charge in [0.2, 0.25) is 0 Å². The number of amides is 1. The maximum Gasteiger partial charge on any atom is 0.270 e. The van der Waals surface area contributed by atoms with Gasteiger partial charge < -0.3 is 15.4 Å². The van der Waals surface area contributed by atoms with Gasteiger partial charge in [-0.05, 0) is 51.9 Å². The number of anilines is 1. The highest BCUT2D eigenvalue weighted by Crippen LogP contribution is 2.17. The quantitative estimate of drug-likeness (QED) is 0.577. The van der Waals surface area contributed by atoms with E-state index in [9.17, 15) is 14.9 Å². The lowest BCUT2D eigenvalue weighted by atomic mass is 10.1. The molecule has 8 nitrogen and oxygen atoms in total. The van der Waals surface area contributed by atoms with Gasteiger partial charge in [-0.3, -0.25) is 19.1 Å². The van der Waals surface area contributed by atoms with Crippen molar-refractivity contribution in [2.45, 2.75) is 39.7 Å². The summed E-state index contributed by atoms with van der Waals surface area (Å²) in [6.45, 7) is 8.20. The summed E-state index contributed by atoms with van der Waals surface area (Å²) in [7, 11) is 0. The average molecular weight is 470 g/mol. The number of carbonyl (C=O) groups excluding carboxylic acids is 1. The molecule has 1 aliphatic heterocycles. The van der Waals surface area contributed by atoms with E-state index in [1.54, 1.807) is 13.1 Å². The molecule has 1 amide bonds. The second-order valence-corrected chi connectivity index (χ2v) is 8.77. The molecule has 0 aliphatic carbocycles. The van der Waals surface area contributed by atoms with Crippen LogP contribution < -0.4 is 30.1 Å². The highest BCUT2D eigenvalue weighted by atomic mass is 32.1. The first kappa shape index (κ1) is 24.6. The number of carbonyl (C=O) groups is 1. The molecule has 1 aliphatic rings. The monoisotopic (exact) mass is 469 g/mol. The van der Waals surface area contributed by atoms with E-state index < -0.39 is 5.91 Å². The van der Waals surface area contributed by atoms with Crippen LogP contribution >= 0.6 is 11.3 Å². The molecule has 2 heterocycles. The predicted molar refractivity (Wildman–Crippen MR) is 132 cm³/mol. The summed E-state index contributed by atoms with van der Waals surface area (Å²) in [6, 6.07) is 9.53. The summed E-state index contributed by atoms with van der Waals surface area (Å²) in [4.78, 5) is 27.5. The summed E-state index contributed by atoms with van der Waals surface area (Å²) in [5.41, 5.74) is 0.497. The van der Waals surface area contributed by atoms with E-state index in [2.05, 4.69) is 15.5 Å². The van der Waals surface area contributed by atoms with Crippen LogP contribution in [0.5, 0.6) is 5.75 Å². The molecule has 0 radical (unpaired) electrons. The van der Waals surface area contributed by atoms with Crippen molar-refractivity contribution >= 4 is 34.7 Å². The topological polar surface area (TPSA) is 99.4 Å². The van der Waals surface area contributed by atoms with Gasteiger partial charge in [-0.15, -0.1) is 11.3 Å². The minimum Gasteiger partial charge on any atom is -0.492 e. The van der Waals surface area contributed by atoms with Crippen LogP contribution in [0.25, 0.3) is 11.8 Å². The minimum absolute atomic E-state index is 0.0513. The van der Waals surface area contributed by atoms with Crippen molar-refractivity contribution in [3.63, 3.8) is 0 Å². The number of hydrogen-bond donors (Lipinski definition) is 2. The lowest BCUT2D eigenvalue weighted by Gasteiger charge is -2.26. The number of likely N-dealkylation sites (tertiary alicyclic amines) is 1. The zero-order chi connectivity index (χ0) is 23.6. The number of piperidine rings is 1. The number of rotatable bonds is 9. The van der Waals surface area contributed by atoms with Crippen LogP contribution in [0.4, 0.5) is 5.69 Å². The molecule has 2 N–H and O–H groups in total. The van der Waals surface area contributed by atoms with Crippen molar-refractivity contribution in [3.8, 4) is 11.8 Å². The fourth-order valence-electron chi connectivity index (χ4n) is 3.74. The van der Waals surface area contributed by atoms with Crippen LogP contribution in [0.1, 0.15) is 33.1 Å². The Kier molecular flexibility index (Phi) is 9.10. The van der Waals surface area contributed by atoms with Crippen molar-refractivity contribution in [1.29, 1.82) is 5.26 Å². The van der Waals surface area contributed by atoms with Crippen molar-refractivity contribution in [2.24, 2.45) is 0 Å². The van der Waals surface area contributed by atoms with E-state index in [0.717, 1.165) is 42.4 Å². The SMILES string of the molecule is CCNC(=O)C(C#N)=c1sc(=CNc2cccc(OCCN3CCCCC3)c2)c(=O)n1CC. The zero-order valence-electron chi connectivity index (χ0n) is 19.2. The minimum atomic E-state index is -0.475. The molecule has 176 valence electrons. The lowest BCUT2D eigenvalue weighted by molar-refractivity contribution is -0.115. The van der Waals surface area contributed by atoms with Crippen molar-refractivity contribution in [1.82, 2.24) is 14.8 Å². The van der Waals surface area contributed by atoms with Gasteiger partial charge in [-0.25, -0.2) is 0 Å². The maximum atomic E-state index is 12.8. The fraction of sp³-hybridized carbons (Fsp3) is 0.458. The highest BCUT2D eigenvalue weighted by Gasteiger charge is 2.14. The Morgan fingerprint density at radius 2 is 2.06 bits per heavy atom. The second kappa shape index (κ2) is 12.2. The van der Waals surface area contributed by atoms with Gasteiger partial charge in [0.15, 0.2) is 5.57 Å². The van der Waals surface area contributed by atoms with Crippen molar-refractivity contribution < 1.29 is 9.53 Å². The number of benzene rings is 1. The van der Waals surface area contributed by atoms with Crippen LogP contribution in [-0.4, -0.2) is 48.2 Å². The summed E-state index contributed by atoms with van der Waals surface area (Å²) in [6.07, 6.45) is 5.45. The highest BCUT2D eigenvalue weighted by molar-refractivity contribution is 7.07. The normalized spacial score (nSPS) is 15.6. The summed E-state index contributed by atoms with van der Waals surface area (Å²) < 4.78 is 8.15. The number of ether oxygens (including phenoxy) is 1. The van der Waals surface area contributed by atoms with Gasteiger partial charge >= 0.3 is 0 Å². The lowest BCUT2D eigenvalue weighted by Crippen LogP contribution is -2.34. The molecular formula is C24H31N5O3S. The van der Waals surface area contributed by atoms with Crippen LogP contribution in [0.3, 0.4) is 0 Å². The van der Waals surface area contributed by atoms with Gasteiger partial charge in [-0.1, -0.05) is 12.5 Å². The number of nitrogens with zero attached hydrogens (tertiary/aromatic N) is 3. The zero-order valence-corrected chi connectivity index (χ0v) is 20.0. The van der Waals surface area contributed by atoms with Gasteiger partial charge in [0.05, 0.1) is 0 Å². The summed E-state index contributed by atoms with van der Waals surface area (Å²) in [5, 5.41) is 15.3. The molecular weight excluding hydrogens is 438 g/mol. The molecule has 3 rings (SSSR count).